The van der Waals surface area contributed by atoms with Crippen LogP contribution in [0.15, 0.2) is 53.3 Å². The Balaban J connectivity index is 1.77. The van der Waals surface area contributed by atoms with Crippen molar-refractivity contribution >= 4 is 5.65 Å². The molecule has 7 nitrogen and oxygen atoms in total. The Kier molecular flexibility index (Phi) is 2.90. The van der Waals surface area contributed by atoms with Gasteiger partial charge in [-0.2, -0.15) is 10.1 Å². The molecule has 0 saturated heterocycles. The first-order valence-electron chi connectivity index (χ1n) is 6.68. The SMILES string of the molecule is OCc1nc(-c2cccc(-c3cn4ncccc4n3)c2)no1. The molecule has 7 heteroatoms. The van der Waals surface area contributed by atoms with Crippen molar-refractivity contribution in [1.82, 2.24) is 24.7 Å². The zero-order chi connectivity index (χ0) is 14.9. The maximum absolute atomic E-state index is 9.00. The van der Waals surface area contributed by atoms with E-state index in [-0.39, 0.29) is 12.5 Å². The fourth-order valence-corrected chi connectivity index (χ4v) is 2.22. The highest BCUT2D eigenvalue weighted by Gasteiger charge is 2.10. The fraction of sp³-hybridized carbons (Fsp3) is 0.0667. The van der Waals surface area contributed by atoms with E-state index in [1.165, 1.54) is 0 Å². The number of fused-ring (bicyclic) bond motifs is 1. The minimum atomic E-state index is -0.273. The first-order chi connectivity index (χ1) is 10.8. The molecule has 0 unspecified atom stereocenters. The number of benzene rings is 1. The quantitative estimate of drug-likeness (QED) is 0.621. The predicted molar refractivity (Wildman–Crippen MR) is 77.6 cm³/mol. The van der Waals surface area contributed by atoms with E-state index in [4.69, 9.17) is 9.63 Å². The van der Waals surface area contributed by atoms with Crippen LogP contribution in [0.2, 0.25) is 0 Å². The van der Waals surface area contributed by atoms with Gasteiger partial charge < -0.3 is 9.63 Å². The van der Waals surface area contributed by atoms with Crippen LogP contribution in [0.1, 0.15) is 5.89 Å². The number of hydrogen-bond donors (Lipinski definition) is 1. The van der Waals surface area contributed by atoms with E-state index in [2.05, 4.69) is 20.2 Å². The number of imidazole rings is 1. The third kappa shape index (κ3) is 2.13. The second-order valence-electron chi connectivity index (χ2n) is 4.70. The van der Waals surface area contributed by atoms with Gasteiger partial charge in [-0.3, -0.25) is 0 Å². The Bertz CT molecular complexity index is 911. The molecule has 0 radical (unpaired) electrons. The summed E-state index contributed by atoms with van der Waals surface area (Å²) in [5.74, 6) is 0.630. The van der Waals surface area contributed by atoms with Gasteiger partial charge >= 0.3 is 0 Å². The molecule has 22 heavy (non-hydrogen) atoms. The van der Waals surface area contributed by atoms with Gasteiger partial charge in [-0.15, -0.1) is 0 Å². The van der Waals surface area contributed by atoms with Crippen molar-refractivity contribution in [3.63, 3.8) is 0 Å². The van der Waals surface area contributed by atoms with E-state index in [0.717, 1.165) is 22.5 Å². The van der Waals surface area contributed by atoms with Gasteiger partial charge in [0.05, 0.1) is 11.9 Å². The molecule has 0 atom stereocenters. The van der Waals surface area contributed by atoms with Crippen LogP contribution in [0, 0.1) is 0 Å². The molecule has 0 fully saturated rings. The van der Waals surface area contributed by atoms with Gasteiger partial charge in [0.1, 0.15) is 6.61 Å². The lowest BCUT2D eigenvalue weighted by atomic mass is 10.1. The van der Waals surface area contributed by atoms with Crippen LogP contribution in [0.25, 0.3) is 28.3 Å². The number of rotatable bonds is 3. The first kappa shape index (κ1) is 12.7. The van der Waals surface area contributed by atoms with E-state index >= 15 is 0 Å². The van der Waals surface area contributed by atoms with Crippen molar-refractivity contribution in [3.8, 4) is 22.6 Å². The van der Waals surface area contributed by atoms with Crippen molar-refractivity contribution < 1.29 is 9.63 Å². The van der Waals surface area contributed by atoms with Crippen molar-refractivity contribution in [2.45, 2.75) is 6.61 Å². The molecule has 0 aliphatic heterocycles. The summed E-state index contributed by atoms with van der Waals surface area (Å²) < 4.78 is 6.64. The first-order valence-corrected chi connectivity index (χ1v) is 6.68. The van der Waals surface area contributed by atoms with Crippen LogP contribution >= 0.6 is 0 Å². The molecule has 3 heterocycles. The van der Waals surface area contributed by atoms with Gasteiger partial charge in [0, 0.05) is 17.3 Å². The summed E-state index contributed by atoms with van der Waals surface area (Å²) in [5, 5.41) is 17.1. The molecule has 4 aromatic rings. The summed E-state index contributed by atoms with van der Waals surface area (Å²) >= 11 is 0. The minimum Gasteiger partial charge on any atom is -0.387 e. The molecule has 0 saturated carbocycles. The summed E-state index contributed by atoms with van der Waals surface area (Å²) in [5.41, 5.74) is 3.32. The standard InChI is InChI=1S/C15H11N5O2/c21-9-14-18-15(19-22-14)11-4-1-3-10(7-11)12-8-20-13(17-12)5-2-6-16-20/h1-8,21H,9H2. The molecular formula is C15H11N5O2. The van der Waals surface area contributed by atoms with Gasteiger partial charge in [0.2, 0.25) is 5.82 Å². The topological polar surface area (TPSA) is 89.3 Å². The molecule has 0 amide bonds. The smallest absolute Gasteiger partial charge is 0.252 e. The Morgan fingerprint density at radius 1 is 1.09 bits per heavy atom. The Hall–Kier alpha value is -3.06. The molecule has 1 N–H and O–H groups in total. The number of aliphatic hydroxyl groups excluding tert-OH is 1. The van der Waals surface area contributed by atoms with Crippen LogP contribution in [0.3, 0.4) is 0 Å². The molecular weight excluding hydrogens is 282 g/mol. The highest BCUT2D eigenvalue weighted by Crippen LogP contribution is 2.24. The second-order valence-corrected chi connectivity index (χ2v) is 4.70. The highest BCUT2D eigenvalue weighted by molar-refractivity contribution is 5.69. The van der Waals surface area contributed by atoms with Crippen LogP contribution in [-0.4, -0.2) is 29.8 Å². The largest absolute Gasteiger partial charge is 0.387 e. The van der Waals surface area contributed by atoms with Crippen molar-refractivity contribution in [3.05, 3.63) is 54.7 Å². The molecule has 1 aromatic carbocycles. The van der Waals surface area contributed by atoms with E-state index in [0.29, 0.717) is 5.82 Å². The average molecular weight is 293 g/mol. The third-order valence-electron chi connectivity index (χ3n) is 3.26. The molecule has 4 rings (SSSR count). The van der Waals surface area contributed by atoms with Gasteiger partial charge in [-0.25, -0.2) is 9.50 Å². The third-order valence-corrected chi connectivity index (χ3v) is 3.26. The van der Waals surface area contributed by atoms with E-state index in [1.807, 2.05) is 42.6 Å². The maximum atomic E-state index is 9.00. The van der Waals surface area contributed by atoms with Gasteiger partial charge in [0.15, 0.2) is 5.65 Å². The number of hydrogen-bond acceptors (Lipinski definition) is 6. The zero-order valence-corrected chi connectivity index (χ0v) is 11.4. The van der Waals surface area contributed by atoms with Crippen molar-refractivity contribution in [2.24, 2.45) is 0 Å². The number of aromatic nitrogens is 5. The maximum Gasteiger partial charge on any atom is 0.252 e. The normalized spacial score (nSPS) is 11.1. The van der Waals surface area contributed by atoms with Crippen molar-refractivity contribution in [2.75, 3.05) is 0 Å². The van der Waals surface area contributed by atoms with Gasteiger partial charge in [-0.05, 0) is 18.2 Å². The summed E-state index contributed by atoms with van der Waals surface area (Å²) in [4.78, 5) is 8.65. The summed E-state index contributed by atoms with van der Waals surface area (Å²) in [6.07, 6.45) is 3.58. The summed E-state index contributed by atoms with van der Waals surface area (Å²) in [7, 11) is 0. The Morgan fingerprint density at radius 3 is 2.82 bits per heavy atom. The van der Waals surface area contributed by atoms with Gasteiger partial charge in [0.25, 0.3) is 5.89 Å². The van der Waals surface area contributed by atoms with Crippen LogP contribution in [0.4, 0.5) is 0 Å². The predicted octanol–water partition coefficient (Wildman–Crippen LogP) is 1.94. The molecule has 0 spiro atoms. The minimum absolute atomic E-state index is 0.192. The van der Waals surface area contributed by atoms with E-state index in [1.54, 1.807) is 10.7 Å². The summed E-state index contributed by atoms with van der Waals surface area (Å²) in [6, 6.07) is 11.4. The Morgan fingerprint density at radius 2 is 2.00 bits per heavy atom. The van der Waals surface area contributed by atoms with Crippen LogP contribution < -0.4 is 0 Å². The highest BCUT2D eigenvalue weighted by atomic mass is 16.5. The second kappa shape index (κ2) is 5.05. The van der Waals surface area contributed by atoms with E-state index < -0.39 is 0 Å². The fourth-order valence-electron chi connectivity index (χ4n) is 2.22. The van der Waals surface area contributed by atoms with Crippen molar-refractivity contribution in [1.29, 1.82) is 0 Å². The summed E-state index contributed by atoms with van der Waals surface area (Å²) in [6.45, 7) is -0.273. The monoisotopic (exact) mass is 293 g/mol. The molecule has 0 aliphatic rings. The van der Waals surface area contributed by atoms with Crippen LogP contribution in [-0.2, 0) is 6.61 Å². The lowest BCUT2D eigenvalue weighted by molar-refractivity contribution is 0.222. The Labute approximate surface area is 124 Å². The number of nitrogens with zero attached hydrogens (tertiary/aromatic N) is 5. The molecule has 0 bridgehead atoms. The number of aliphatic hydroxyl groups is 1. The average Bonchev–Trinajstić information content (AvgIpc) is 3.21. The lowest BCUT2D eigenvalue weighted by Gasteiger charge is -1.98. The van der Waals surface area contributed by atoms with Gasteiger partial charge in [-0.1, -0.05) is 23.4 Å². The molecule has 3 aromatic heterocycles. The zero-order valence-electron chi connectivity index (χ0n) is 11.4. The van der Waals surface area contributed by atoms with Crippen LogP contribution in [0.5, 0.6) is 0 Å². The molecule has 108 valence electrons. The lowest BCUT2D eigenvalue weighted by Crippen LogP contribution is -1.85. The van der Waals surface area contributed by atoms with E-state index in [9.17, 15) is 0 Å². The molecule has 0 aliphatic carbocycles.